The van der Waals surface area contributed by atoms with E-state index in [1.165, 1.54) is 29.3 Å². The second-order valence-corrected chi connectivity index (χ2v) is 6.31. The lowest BCUT2D eigenvalue weighted by Crippen LogP contribution is -2.06. The third-order valence-electron chi connectivity index (χ3n) is 3.07. The van der Waals surface area contributed by atoms with Crippen LogP contribution in [0, 0.1) is 5.92 Å². The maximum absolute atomic E-state index is 4.53. The Kier molecular flexibility index (Phi) is 2.94. The van der Waals surface area contributed by atoms with Crippen LogP contribution in [0.4, 0.5) is 0 Å². The number of thioether (sulfide) groups is 1. The Labute approximate surface area is 108 Å². The highest BCUT2D eigenvalue weighted by Crippen LogP contribution is 2.26. The maximum Gasteiger partial charge on any atom is 0.113 e. The molecule has 3 heterocycles. The van der Waals surface area contributed by atoms with Crippen LogP contribution in [0.25, 0.3) is 5.52 Å². The van der Waals surface area contributed by atoms with Crippen LogP contribution in [-0.2, 0) is 6.42 Å². The number of hydrogen-bond donors (Lipinski definition) is 0. The zero-order chi connectivity index (χ0) is 11.0. The third kappa shape index (κ3) is 2.00. The van der Waals surface area contributed by atoms with Crippen molar-refractivity contribution in [3.63, 3.8) is 0 Å². The number of hydrogen-bond acceptors (Lipinski definition) is 2. The van der Waals surface area contributed by atoms with E-state index in [0.717, 1.165) is 16.8 Å². The summed E-state index contributed by atoms with van der Waals surface area (Å²) in [5.41, 5.74) is 1.18. The topological polar surface area (TPSA) is 17.3 Å². The Morgan fingerprint density at radius 3 is 3.31 bits per heavy atom. The maximum atomic E-state index is 4.53. The molecule has 3 rings (SSSR count). The standard InChI is InChI=1S/C12H13BrN2S/c13-10-1-3-15-11(6-10)7-14-12(15)5-9-2-4-16-8-9/h1,3,6-7,9H,2,4-5,8H2. The first kappa shape index (κ1) is 10.7. The van der Waals surface area contributed by atoms with Crippen molar-refractivity contribution in [2.24, 2.45) is 5.92 Å². The lowest BCUT2D eigenvalue weighted by Gasteiger charge is -2.07. The van der Waals surface area contributed by atoms with E-state index < -0.39 is 0 Å². The van der Waals surface area contributed by atoms with Gasteiger partial charge in [-0.2, -0.15) is 11.8 Å². The molecule has 2 aromatic rings. The van der Waals surface area contributed by atoms with Crippen LogP contribution in [0.15, 0.2) is 29.0 Å². The molecule has 4 heteroatoms. The molecule has 1 aliphatic heterocycles. The van der Waals surface area contributed by atoms with Gasteiger partial charge in [-0.3, -0.25) is 0 Å². The summed E-state index contributed by atoms with van der Waals surface area (Å²) in [6.45, 7) is 0. The van der Waals surface area contributed by atoms with Gasteiger partial charge in [0.15, 0.2) is 0 Å². The lowest BCUT2D eigenvalue weighted by molar-refractivity contribution is 0.574. The van der Waals surface area contributed by atoms with Gasteiger partial charge in [0, 0.05) is 17.1 Å². The second kappa shape index (κ2) is 4.41. The van der Waals surface area contributed by atoms with Crippen LogP contribution < -0.4 is 0 Å². The van der Waals surface area contributed by atoms with Gasteiger partial charge in [0.1, 0.15) is 5.82 Å². The molecule has 1 atom stereocenters. The molecule has 0 amide bonds. The van der Waals surface area contributed by atoms with E-state index in [1.54, 1.807) is 0 Å². The molecule has 0 bridgehead atoms. The summed E-state index contributed by atoms with van der Waals surface area (Å²) in [4.78, 5) is 4.53. The van der Waals surface area contributed by atoms with Gasteiger partial charge in [-0.25, -0.2) is 4.98 Å². The number of fused-ring (bicyclic) bond motifs is 1. The fourth-order valence-electron chi connectivity index (χ4n) is 2.18. The smallest absolute Gasteiger partial charge is 0.113 e. The molecule has 16 heavy (non-hydrogen) atoms. The van der Waals surface area contributed by atoms with E-state index in [1.807, 2.05) is 6.20 Å². The number of halogens is 1. The van der Waals surface area contributed by atoms with Crippen molar-refractivity contribution in [2.45, 2.75) is 12.8 Å². The first-order valence-electron chi connectivity index (χ1n) is 5.52. The monoisotopic (exact) mass is 296 g/mol. The number of pyridine rings is 1. The molecule has 0 radical (unpaired) electrons. The summed E-state index contributed by atoms with van der Waals surface area (Å²) >= 11 is 5.55. The first-order valence-corrected chi connectivity index (χ1v) is 7.47. The van der Waals surface area contributed by atoms with Crippen LogP contribution in [0.1, 0.15) is 12.2 Å². The van der Waals surface area contributed by atoms with Gasteiger partial charge >= 0.3 is 0 Å². The number of nitrogens with zero attached hydrogens (tertiary/aromatic N) is 2. The SMILES string of the molecule is Brc1ccn2c(CC3CCSC3)ncc2c1. The largest absolute Gasteiger partial charge is 0.304 e. The molecule has 2 aromatic heterocycles. The van der Waals surface area contributed by atoms with Crippen molar-refractivity contribution in [2.75, 3.05) is 11.5 Å². The zero-order valence-electron chi connectivity index (χ0n) is 8.90. The molecule has 1 fully saturated rings. The molecule has 1 aliphatic rings. The predicted molar refractivity (Wildman–Crippen MR) is 72.0 cm³/mol. The molecule has 0 aromatic carbocycles. The average molecular weight is 297 g/mol. The number of imidazole rings is 1. The van der Waals surface area contributed by atoms with Crippen molar-refractivity contribution < 1.29 is 0 Å². The molecule has 0 aliphatic carbocycles. The molecule has 0 spiro atoms. The molecule has 0 saturated carbocycles. The normalized spacial score (nSPS) is 20.7. The van der Waals surface area contributed by atoms with Gasteiger partial charge in [0.25, 0.3) is 0 Å². The minimum atomic E-state index is 0.819. The fraction of sp³-hybridized carbons (Fsp3) is 0.417. The van der Waals surface area contributed by atoms with Crippen molar-refractivity contribution in [1.29, 1.82) is 0 Å². The van der Waals surface area contributed by atoms with Crippen LogP contribution in [0.2, 0.25) is 0 Å². The minimum Gasteiger partial charge on any atom is -0.304 e. The van der Waals surface area contributed by atoms with Gasteiger partial charge in [-0.15, -0.1) is 0 Å². The van der Waals surface area contributed by atoms with Crippen molar-refractivity contribution in [1.82, 2.24) is 9.38 Å². The van der Waals surface area contributed by atoms with Gasteiger partial charge in [0.2, 0.25) is 0 Å². The van der Waals surface area contributed by atoms with Crippen molar-refractivity contribution in [3.05, 3.63) is 34.8 Å². The van der Waals surface area contributed by atoms with E-state index in [9.17, 15) is 0 Å². The quantitative estimate of drug-likeness (QED) is 0.845. The van der Waals surface area contributed by atoms with Gasteiger partial charge < -0.3 is 4.40 Å². The third-order valence-corrected chi connectivity index (χ3v) is 4.79. The highest BCUT2D eigenvalue weighted by atomic mass is 79.9. The zero-order valence-corrected chi connectivity index (χ0v) is 11.3. The van der Waals surface area contributed by atoms with Gasteiger partial charge in [-0.1, -0.05) is 15.9 Å². The summed E-state index contributed by atoms with van der Waals surface area (Å²) in [7, 11) is 0. The molecule has 2 nitrogen and oxygen atoms in total. The molecule has 1 saturated heterocycles. The molecule has 84 valence electrons. The Balaban J connectivity index is 1.91. The Morgan fingerprint density at radius 2 is 2.50 bits per heavy atom. The summed E-state index contributed by atoms with van der Waals surface area (Å²) in [5, 5.41) is 0. The summed E-state index contributed by atoms with van der Waals surface area (Å²) in [6, 6.07) is 4.18. The van der Waals surface area contributed by atoms with Crippen LogP contribution in [0.3, 0.4) is 0 Å². The van der Waals surface area contributed by atoms with Gasteiger partial charge in [0.05, 0.1) is 11.7 Å². The summed E-state index contributed by atoms with van der Waals surface area (Å²) in [6.07, 6.45) is 6.52. The first-order chi connectivity index (χ1) is 7.83. The van der Waals surface area contributed by atoms with E-state index in [0.29, 0.717) is 0 Å². The summed E-state index contributed by atoms with van der Waals surface area (Å²) in [5.74, 6) is 4.64. The average Bonchev–Trinajstić information content (AvgIpc) is 2.89. The van der Waals surface area contributed by atoms with E-state index >= 15 is 0 Å². The Hall–Kier alpha value is -0.480. The van der Waals surface area contributed by atoms with Crippen LogP contribution >= 0.6 is 27.7 Å². The fourth-order valence-corrected chi connectivity index (χ4v) is 3.82. The molecular formula is C12H13BrN2S. The van der Waals surface area contributed by atoms with Gasteiger partial charge in [-0.05, 0) is 36.0 Å². The highest BCUT2D eigenvalue weighted by Gasteiger charge is 2.18. The van der Waals surface area contributed by atoms with Crippen LogP contribution in [0.5, 0.6) is 0 Å². The Morgan fingerprint density at radius 1 is 1.56 bits per heavy atom. The number of rotatable bonds is 2. The van der Waals surface area contributed by atoms with E-state index in [4.69, 9.17) is 0 Å². The van der Waals surface area contributed by atoms with Crippen LogP contribution in [-0.4, -0.2) is 20.9 Å². The minimum absolute atomic E-state index is 0.819. The van der Waals surface area contributed by atoms with Crippen molar-refractivity contribution in [3.8, 4) is 0 Å². The second-order valence-electron chi connectivity index (χ2n) is 4.25. The molecular weight excluding hydrogens is 284 g/mol. The Bertz CT molecular complexity index is 503. The van der Waals surface area contributed by atoms with E-state index in [-0.39, 0.29) is 0 Å². The highest BCUT2D eigenvalue weighted by molar-refractivity contribution is 9.10. The molecule has 1 unspecified atom stereocenters. The summed E-state index contributed by atoms with van der Waals surface area (Å²) < 4.78 is 3.32. The molecule has 0 N–H and O–H groups in total. The predicted octanol–water partition coefficient (Wildman–Crippen LogP) is 3.39. The lowest BCUT2D eigenvalue weighted by atomic mass is 10.1. The van der Waals surface area contributed by atoms with Crippen molar-refractivity contribution >= 4 is 33.2 Å². The number of aromatic nitrogens is 2. The van der Waals surface area contributed by atoms with E-state index in [2.05, 4.69) is 55.4 Å².